The van der Waals surface area contributed by atoms with Gasteiger partial charge in [0.2, 0.25) is 0 Å². The number of aromatic nitrogens is 2. The Hall–Kier alpha value is -3.06. The number of imidazole rings is 1. The fourth-order valence-electron chi connectivity index (χ4n) is 3.47. The van der Waals surface area contributed by atoms with Gasteiger partial charge in [-0.3, -0.25) is 9.59 Å². The average molecular weight is 421 g/mol. The molecule has 154 valence electrons. The highest BCUT2D eigenvalue weighted by atomic mass is 32.2. The van der Waals surface area contributed by atoms with Crippen molar-refractivity contribution in [1.29, 1.82) is 0 Å². The minimum atomic E-state index is -0.659. The predicted molar refractivity (Wildman–Crippen MR) is 117 cm³/mol. The number of benzene rings is 2. The van der Waals surface area contributed by atoms with Gasteiger partial charge < -0.3 is 15.2 Å². The van der Waals surface area contributed by atoms with E-state index in [9.17, 15) is 9.59 Å². The van der Waals surface area contributed by atoms with Gasteiger partial charge in [-0.25, -0.2) is 4.98 Å². The number of aryl methyl sites for hydroxylation is 1. The summed E-state index contributed by atoms with van der Waals surface area (Å²) in [7, 11) is 1.94. The molecular weight excluding hydrogens is 396 g/mol. The number of hydrogen-bond acceptors (Lipinski definition) is 4. The first-order chi connectivity index (χ1) is 14.5. The van der Waals surface area contributed by atoms with Gasteiger partial charge in [-0.15, -0.1) is 0 Å². The molecule has 2 amide bonds. The number of rotatable bonds is 6. The van der Waals surface area contributed by atoms with E-state index in [1.54, 1.807) is 18.3 Å². The van der Waals surface area contributed by atoms with Crippen LogP contribution in [0.4, 0.5) is 5.69 Å². The van der Waals surface area contributed by atoms with Crippen LogP contribution in [-0.4, -0.2) is 21.4 Å². The fraction of sp³-hybridized carbons (Fsp3) is 0.261. The largest absolute Gasteiger partial charge is 0.341 e. The normalized spacial score (nSPS) is 18.5. The van der Waals surface area contributed by atoms with Crippen molar-refractivity contribution in [2.75, 3.05) is 5.32 Å². The molecule has 1 heterocycles. The average Bonchev–Trinajstić information content (AvgIpc) is 3.34. The highest BCUT2D eigenvalue weighted by molar-refractivity contribution is 7.99. The number of nitrogens with zero attached hydrogens (tertiary/aromatic N) is 2. The molecule has 30 heavy (non-hydrogen) atoms. The van der Waals surface area contributed by atoms with Crippen LogP contribution in [0.2, 0.25) is 0 Å². The smallest absolute Gasteiger partial charge is 0.313 e. The van der Waals surface area contributed by atoms with Crippen molar-refractivity contribution in [2.24, 2.45) is 18.9 Å². The van der Waals surface area contributed by atoms with E-state index < -0.39 is 11.8 Å². The number of nitrogens with one attached hydrogen (secondary N) is 2. The molecule has 0 bridgehead atoms. The van der Waals surface area contributed by atoms with E-state index in [-0.39, 0.29) is 6.04 Å². The summed E-state index contributed by atoms with van der Waals surface area (Å²) in [6.45, 7) is 2.16. The van der Waals surface area contributed by atoms with Crippen molar-refractivity contribution in [3.05, 3.63) is 72.6 Å². The van der Waals surface area contributed by atoms with Crippen LogP contribution in [0.15, 0.2) is 77.0 Å². The third-order valence-corrected chi connectivity index (χ3v) is 6.43. The molecule has 1 fully saturated rings. The Labute approximate surface area is 180 Å². The molecule has 2 aromatic carbocycles. The van der Waals surface area contributed by atoms with E-state index in [1.807, 2.05) is 60.3 Å². The summed E-state index contributed by atoms with van der Waals surface area (Å²) in [4.78, 5) is 30.3. The molecule has 1 aliphatic rings. The quantitative estimate of drug-likeness (QED) is 0.591. The molecule has 4 rings (SSSR count). The summed E-state index contributed by atoms with van der Waals surface area (Å²) in [6.07, 6.45) is 4.69. The summed E-state index contributed by atoms with van der Waals surface area (Å²) in [6, 6.07) is 17.0. The minimum Gasteiger partial charge on any atom is -0.341 e. The maximum absolute atomic E-state index is 12.5. The van der Waals surface area contributed by atoms with Crippen molar-refractivity contribution in [3.63, 3.8) is 0 Å². The Kier molecular flexibility index (Phi) is 5.90. The number of carbonyl (C=O) groups is 2. The van der Waals surface area contributed by atoms with Gasteiger partial charge in [0.15, 0.2) is 5.16 Å². The Morgan fingerprint density at radius 1 is 1.10 bits per heavy atom. The van der Waals surface area contributed by atoms with Gasteiger partial charge in [-0.2, -0.15) is 0 Å². The summed E-state index contributed by atoms with van der Waals surface area (Å²) in [5, 5.41) is 6.49. The first-order valence-corrected chi connectivity index (χ1v) is 10.7. The standard InChI is InChI=1S/C23H24N4O2S/c1-15-14-19(15)20(16-6-4-3-5-7-16)26-22(29)21(28)25-17-8-10-18(11-9-17)30-23-24-12-13-27(23)2/h3-13,15,19-20H,14H2,1-2H3,(H,25,28)(H,26,29). The second-order valence-electron chi connectivity index (χ2n) is 7.64. The summed E-state index contributed by atoms with van der Waals surface area (Å²) < 4.78 is 1.94. The first-order valence-electron chi connectivity index (χ1n) is 9.93. The zero-order chi connectivity index (χ0) is 21.1. The lowest BCUT2D eigenvalue weighted by Crippen LogP contribution is -2.38. The highest BCUT2D eigenvalue weighted by Crippen LogP contribution is 2.46. The molecule has 3 aromatic rings. The van der Waals surface area contributed by atoms with Crippen molar-refractivity contribution in [2.45, 2.75) is 29.4 Å². The van der Waals surface area contributed by atoms with Gasteiger partial charge >= 0.3 is 11.8 Å². The third kappa shape index (κ3) is 4.74. The molecule has 0 spiro atoms. The number of carbonyl (C=O) groups excluding carboxylic acids is 2. The van der Waals surface area contributed by atoms with Crippen LogP contribution in [0.5, 0.6) is 0 Å². The van der Waals surface area contributed by atoms with E-state index >= 15 is 0 Å². The van der Waals surface area contributed by atoms with Crippen LogP contribution in [0.1, 0.15) is 24.9 Å². The lowest BCUT2D eigenvalue weighted by Gasteiger charge is -2.19. The molecule has 1 aliphatic carbocycles. The summed E-state index contributed by atoms with van der Waals surface area (Å²) >= 11 is 1.53. The molecule has 2 N–H and O–H groups in total. The van der Waals surface area contributed by atoms with Gasteiger partial charge in [0, 0.05) is 30.0 Å². The van der Waals surface area contributed by atoms with Gasteiger partial charge in [-0.05, 0) is 48.1 Å². The van der Waals surface area contributed by atoms with Crippen molar-refractivity contribution < 1.29 is 9.59 Å². The van der Waals surface area contributed by atoms with Gasteiger partial charge in [0.05, 0.1) is 6.04 Å². The molecule has 0 radical (unpaired) electrons. The van der Waals surface area contributed by atoms with Crippen LogP contribution >= 0.6 is 11.8 Å². The van der Waals surface area contributed by atoms with Crippen LogP contribution in [0.3, 0.4) is 0 Å². The maximum atomic E-state index is 12.5. The fourth-order valence-corrected chi connectivity index (χ4v) is 4.27. The molecule has 7 heteroatoms. The van der Waals surface area contributed by atoms with Crippen LogP contribution < -0.4 is 10.6 Å². The van der Waals surface area contributed by atoms with Crippen molar-refractivity contribution >= 4 is 29.3 Å². The van der Waals surface area contributed by atoms with Crippen LogP contribution in [0, 0.1) is 11.8 Å². The lowest BCUT2D eigenvalue weighted by molar-refractivity contribution is -0.136. The van der Waals surface area contributed by atoms with E-state index in [2.05, 4.69) is 22.5 Å². The monoisotopic (exact) mass is 420 g/mol. The molecule has 0 aliphatic heterocycles. The molecular formula is C23H24N4O2S. The Morgan fingerprint density at radius 3 is 2.40 bits per heavy atom. The molecule has 1 aromatic heterocycles. The Balaban J connectivity index is 1.37. The van der Waals surface area contributed by atoms with E-state index in [1.165, 1.54) is 11.8 Å². The van der Waals surface area contributed by atoms with Crippen molar-refractivity contribution in [3.8, 4) is 0 Å². The number of hydrogen-bond donors (Lipinski definition) is 2. The van der Waals surface area contributed by atoms with E-state index in [0.29, 0.717) is 17.5 Å². The third-order valence-electron chi connectivity index (χ3n) is 5.35. The Morgan fingerprint density at radius 2 is 1.80 bits per heavy atom. The zero-order valence-corrected chi connectivity index (χ0v) is 17.7. The molecule has 3 atom stereocenters. The van der Waals surface area contributed by atoms with Crippen LogP contribution in [0.25, 0.3) is 0 Å². The predicted octanol–water partition coefficient (Wildman–Crippen LogP) is 4.02. The second-order valence-corrected chi connectivity index (χ2v) is 8.68. The van der Waals surface area contributed by atoms with Crippen molar-refractivity contribution in [1.82, 2.24) is 14.9 Å². The van der Waals surface area contributed by atoms with E-state index in [4.69, 9.17) is 0 Å². The Bertz CT molecular complexity index is 1030. The molecule has 1 saturated carbocycles. The number of amides is 2. The molecule has 6 nitrogen and oxygen atoms in total. The summed E-state index contributed by atoms with van der Waals surface area (Å²) in [5.74, 6) is -0.364. The lowest BCUT2D eigenvalue weighted by atomic mass is 10.0. The van der Waals surface area contributed by atoms with Gasteiger partial charge in [-0.1, -0.05) is 49.0 Å². The topological polar surface area (TPSA) is 76.0 Å². The van der Waals surface area contributed by atoms with Gasteiger partial charge in [0.1, 0.15) is 0 Å². The SMILES string of the molecule is CC1CC1C(NC(=O)C(=O)Nc1ccc(Sc2nccn2C)cc1)c1ccccc1. The summed E-state index contributed by atoms with van der Waals surface area (Å²) in [5.41, 5.74) is 1.61. The van der Waals surface area contributed by atoms with Gasteiger partial charge in [0.25, 0.3) is 0 Å². The zero-order valence-electron chi connectivity index (χ0n) is 16.9. The second kappa shape index (κ2) is 8.75. The molecule has 3 unspecified atom stereocenters. The number of anilines is 1. The van der Waals surface area contributed by atoms with Crippen LogP contribution in [-0.2, 0) is 16.6 Å². The first kappa shape index (κ1) is 20.2. The molecule has 0 saturated heterocycles. The maximum Gasteiger partial charge on any atom is 0.313 e. The highest BCUT2D eigenvalue weighted by Gasteiger charge is 2.41. The van der Waals surface area contributed by atoms with E-state index in [0.717, 1.165) is 22.0 Å². The minimum absolute atomic E-state index is 0.143.